The summed E-state index contributed by atoms with van der Waals surface area (Å²) in [5.41, 5.74) is 4.60. The van der Waals surface area contributed by atoms with Gasteiger partial charge in [0.15, 0.2) is 5.69 Å². The average Bonchev–Trinajstić information content (AvgIpc) is 3.01. The van der Waals surface area contributed by atoms with Gasteiger partial charge in [-0.2, -0.15) is 0 Å². The highest BCUT2D eigenvalue weighted by atomic mass is 79.9. The summed E-state index contributed by atoms with van der Waals surface area (Å²) < 4.78 is 15.9. The van der Waals surface area contributed by atoms with Crippen LogP contribution in [-0.4, -0.2) is 14.8 Å². The number of fused-ring (bicyclic) bond motifs is 1. The Hall–Kier alpha value is -2.81. The summed E-state index contributed by atoms with van der Waals surface area (Å²) in [6.07, 6.45) is 0. The van der Waals surface area contributed by atoms with E-state index >= 15 is 0 Å². The summed E-state index contributed by atoms with van der Waals surface area (Å²) in [6, 6.07) is 15.6. The SMILES string of the molecule is Cc1cccc(C)c1NC(=S)N=Nc1c(O)n(Cc2ccc(F)cc2Cl)c2ccc(Br)cc12. The number of nitrogens with zero attached hydrogens (tertiary/aromatic N) is 3. The maximum atomic E-state index is 13.5. The molecule has 0 saturated heterocycles. The third-order valence-electron chi connectivity index (χ3n) is 5.27. The first kappa shape index (κ1) is 23.4. The number of para-hydroxylation sites is 1. The van der Waals surface area contributed by atoms with E-state index in [1.165, 1.54) is 12.1 Å². The fraction of sp³-hybridized carbons (Fsp3) is 0.125. The highest BCUT2D eigenvalue weighted by Gasteiger charge is 2.18. The molecule has 0 spiro atoms. The van der Waals surface area contributed by atoms with Gasteiger partial charge in [-0.05, 0) is 73.1 Å². The molecule has 1 heterocycles. The topological polar surface area (TPSA) is 61.9 Å². The van der Waals surface area contributed by atoms with Crippen LogP contribution in [0.25, 0.3) is 10.9 Å². The van der Waals surface area contributed by atoms with E-state index in [9.17, 15) is 9.50 Å². The molecule has 1 aromatic heterocycles. The van der Waals surface area contributed by atoms with Crippen LogP contribution in [0, 0.1) is 19.7 Å². The minimum atomic E-state index is -0.423. The molecule has 5 nitrogen and oxygen atoms in total. The Labute approximate surface area is 209 Å². The molecule has 4 aromatic rings. The van der Waals surface area contributed by atoms with Gasteiger partial charge < -0.3 is 15.0 Å². The third kappa shape index (κ3) is 4.93. The fourth-order valence-electron chi connectivity index (χ4n) is 3.61. The predicted octanol–water partition coefficient (Wildman–Crippen LogP) is 8.05. The lowest BCUT2D eigenvalue weighted by atomic mass is 10.1. The van der Waals surface area contributed by atoms with Crippen LogP contribution in [-0.2, 0) is 6.54 Å². The van der Waals surface area contributed by atoms with Crippen LogP contribution >= 0.6 is 39.7 Å². The van der Waals surface area contributed by atoms with Gasteiger partial charge in [0.2, 0.25) is 11.0 Å². The van der Waals surface area contributed by atoms with Crippen molar-refractivity contribution in [1.29, 1.82) is 0 Å². The van der Waals surface area contributed by atoms with Crippen molar-refractivity contribution in [3.05, 3.63) is 86.6 Å². The second-order valence-electron chi connectivity index (χ2n) is 7.55. The Morgan fingerprint density at radius 1 is 1.15 bits per heavy atom. The van der Waals surface area contributed by atoms with Crippen LogP contribution in [0.1, 0.15) is 16.7 Å². The molecule has 0 atom stereocenters. The molecule has 0 saturated carbocycles. The number of nitrogens with one attached hydrogen (secondary N) is 1. The number of hydrogen-bond donors (Lipinski definition) is 2. The first-order chi connectivity index (χ1) is 15.7. The molecular weight excluding hydrogens is 527 g/mol. The zero-order valence-corrected chi connectivity index (χ0v) is 20.9. The molecule has 2 N–H and O–H groups in total. The quantitative estimate of drug-likeness (QED) is 0.201. The van der Waals surface area contributed by atoms with E-state index in [2.05, 4.69) is 31.5 Å². The standard InChI is InChI=1S/C24H19BrClFN4OS/c1-13-4-3-5-14(2)21(13)28-24(33)30-29-22-18-10-16(25)7-9-20(18)31(23(22)32)12-15-6-8-17(27)11-19(15)26/h3-11,32H,12H2,1-2H3,(H,28,33). The maximum Gasteiger partial charge on any atom is 0.221 e. The van der Waals surface area contributed by atoms with Gasteiger partial charge in [-0.1, -0.05) is 51.8 Å². The van der Waals surface area contributed by atoms with Crippen molar-refractivity contribution in [3.63, 3.8) is 0 Å². The number of hydrogen-bond acceptors (Lipinski definition) is 3. The van der Waals surface area contributed by atoms with Crippen molar-refractivity contribution in [3.8, 4) is 5.88 Å². The van der Waals surface area contributed by atoms with Gasteiger partial charge in [0.1, 0.15) is 5.82 Å². The van der Waals surface area contributed by atoms with Gasteiger partial charge in [0.05, 0.1) is 12.1 Å². The van der Waals surface area contributed by atoms with E-state index in [4.69, 9.17) is 23.8 Å². The summed E-state index contributed by atoms with van der Waals surface area (Å²) >= 11 is 15.0. The van der Waals surface area contributed by atoms with E-state index in [0.29, 0.717) is 10.9 Å². The lowest BCUT2D eigenvalue weighted by molar-refractivity contribution is 0.429. The first-order valence-electron chi connectivity index (χ1n) is 9.98. The average molecular weight is 546 g/mol. The van der Waals surface area contributed by atoms with Crippen molar-refractivity contribution in [2.75, 3.05) is 5.32 Å². The Morgan fingerprint density at radius 2 is 1.88 bits per heavy atom. The van der Waals surface area contributed by atoms with E-state index in [1.807, 2.05) is 50.2 Å². The zero-order chi connectivity index (χ0) is 23.7. The molecule has 0 aliphatic rings. The number of azo groups is 1. The number of benzene rings is 3. The molecule has 33 heavy (non-hydrogen) atoms. The van der Waals surface area contributed by atoms with Crippen molar-refractivity contribution in [2.45, 2.75) is 20.4 Å². The minimum Gasteiger partial charge on any atom is -0.493 e. The Bertz CT molecular complexity index is 1400. The van der Waals surface area contributed by atoms with Crippen LogP contribution in [0.5, 0.6) is 5.88 Å². The molecule has 0 fully saturated rings. The first-order valence-corrected chi connectivity index (χ1v) is 11.6. The molecule has 9 heteroatoms. The van der Waals surface area contributed by atoms with E-state index < -0.39 is 5.82 Å². The Balaban J connectivity index is 1.71. The lowest BCUT2D eigenvalue weighted by Gasteiger charge is -2.10. The normalized spacial score (nSPS) is 11.4. The van der Waals surface area contributed by atoms with Crippen LogP contribution in [0.3, 0.4) is 0 Å². The molecular formula is C24H19BrClFN4OS. The van der Waals surface area contributed by atoms with Crippen molar-refractivity contribution >= 4 is 67.1 Å². The number of halogens is 3. The highest BCUT2D eigenvalue weighted by Crippen LogP contribution is 2.41. The minimum absolute atomic E-state index is 0.0953. The number of aromatic nitrogens is 1. The monoisotopic (exact) mass is 544 g/mol. The van der Waals surface area contributed by atoms with Crippen LogP contribution in [0.2, 0.25) is 5.02 Å². The van der Waals surface area contributed by atoms with Crippen molar-refractivity contribution < 1.29 is 9.50 Å². The summed E-state index contributed by atoms with van der Waals surface area (Å²) in [5.74, 6) is -0.518. The van der Waals surface area contributed by atoms with E-state index in [0.717, 1.165) is 26.8 Å². The van der Waals surface area contributed by atoms with Crippen molar-refractivity contribution in [2.24, 2.45) is 10.2 Å². The Morgan fingerprint density at radius 3 is 2.58 bits per heavy atom. The predicted molar refractivity (Wildman–Crippen MR) is 138 cm³/mol. The molecule has 0 radical (unpaired) electrons. The third-order valence-corrected chi connectivity index (χ3v) is 6.30. The van der Waals surface area contributed by atoms with Gasteiger partial charge in [-0.25, -0.2) is 4.39 Å². The number of rotatable bonds is 4. The van der Waals surface area contributed by atoms with Crippen LogP contribution < -0.4 is 5.32 Å². The second-order valence-corrected chi connectivity index (χ2v) is 9.26. The molecule has 0 unspecified atom stereocenters. The van der Waals surface area contributed by atoms with Crippen molar-refractivity contribution in [1.82, 2.24) is 4.57 Å². The highest BCUT2D eigenvalue weighted by molar-refractivity contribution is 9.10. The number of thiocarbonyl (C=S) groups is 1. The summed E-state index contributed by atoms with van der Waals surface area (Å²) in [4.78, 5) is 0. The Kier molecular flexibility index (Phi) is 6.78. The largest absolute Gasteiger partial charge is 0.493 e. The molecule has 168 valence electrons. The van der Waals surface area contributed by atoms with Crippen LogP contribution in [0.15, 0.2) is 69.3 Å². The van der Waals surface area contributed by atoms with Crippen LogP contribution in [0.4, 0.5) is 15.8 Å². The van der Waals surface area contributed by atoms with Gasteiger partial charge >= 0.3 is 0 Å². The molecule has 0 bridgehead atoms. The number of aryl methyl sites for hydroxylation is 2. The summed E-state index contributed by atoms with van der Waals surface area (Å²) in [7, 11) is 0. The smallest absolute Gasteiger partial charge is 0.221 e. The van der Waals surface area contributed by atoms with Gasteiger partial charge in [0, 0.05) is 20.6 Å². The number of aromatic hydroxyl groups is 1. The second kappa shape index (κ2) is 9.59. The molecule has 4 rings (SSSR count). The summed E-state index contributed by atoms with van der Waals surface area (Å²) in [5, 5.41) is 23.7. The van der Waals surface area contributed by atoms with Gasteiger partial charge in [0.25, 0.3) is 0 Å². The fourth-order valence-corrected chi connectivity index (χ4v) is 4.34. The van der Waals surface area contributed by atoms with E-state index in [1.54, 1.807) is 10.6 Å². The molecule has 0 amide bonds. The van der Waals surface area contributed by atoms with Gasteiger partial charge in [-0.3, -0.25) is 0 Å². The number of anilines is 1. The molecule has 0 aliphatic heterocycles. The zero-order valence-electron chi connectivity index (χ0n) is 17.7. The van der Waals surface area contributed by atoms with Gasteiger partial charge in [-0.15, -0.1) is 10.2 Å². The molecule has 3 aromatic carbocycles. The lowest BCUT2D eigenvalue weighted by Crippen LogP contribution is -2.07. The van der Waals surface area contributed by atoms with E-state index in [-0.39, 0.29) is 28.2 Å². The molecule has 0 aliphatic carbocycles. The maximum absolute atomic E-state index is 13.5. The summed E-state index contributed by atoms with van der Waals surface area (Å²) in [6.45, 7) is 4.18.